The molecule has 24 heteroatoms. The van der Waals surface area contributed by atoms with Gasteiger partial charge in [0.05, 0.1) is 43.2 Å². The summed E-state index contributed by atoms with van der Waals surface area (Å²) in [6.45, 7) is 4.74. The number of methoxy groups -OCH3 is 3. The maximum absolute atomic E-state index is 16.5. The van der Waals surface area contributed by atoms with Crippen molar-refractivity contribution in [1.82, 2.24) is 34.0 Å². The minimum Gasteiger partial charge on any atom is -0.497 e. The molecule has 404 valence electrons. The van der Waals surface area contributed by atoms with Crippen molar-refractivity contribution in [3.63, 3.8) is 0 Å². The van der Waals surface area contributed by atoms with E-state index in [1.165, 1.54) is 72.0 Å². The number of sulfone groups is 1. The molecule has 0 bridgehead atoms. The van der Waals surface area contributed by atoms with E-state index < -0.39 is 69.1 Å². The van der Waals surface area contributed by atoms with E-state index in [1.807, 2.05) is 0 Å². The fourth-order valence-electron chi connectivity index (χ4n) is 8.42. The number of carbonyl (C=O) groups excluding carboxylic acids is 2. The molecule has 2 amide bonds. The Balaban J connectivity index is 1.47. The number of amides is 2. The van der Waals surface area contributed by atoms with Crippen LogP contribution in [0.15, 0.2) is 147 Å². The van der Waals surface area contributed by atoms with Crippen molar-refractivity contribution < 1.29 is 53.8 Å². The molecule has 1 aliphatic heterocycles. The average Bonchev–Trinajstić information content (AvgIpc) is 3.90. The maximum Gasteiger partial charge on any atom is 0.410 e. The molecule has 1 saturated heterocycles. The van der Waals surface area contributed by atoms with E-state index in [0.29, 0.717) is 33.9 Å². The largest absolute Gasteiger partial charge is 0.497 e. The van der Waals surface area contributed by atoms with Crippen molar-refractivity contribution in [3.8, 4) is 39.8 Å². The number of carbonyl (C=O) groups is 2. The number of aryl methyl sites for hydroxylation is 1. The smallest absolute Gasteiger partial charge is 0.410 e. The van der Waals surface area contributed by atoms with Gasteiger partial charge in [0.25, 0.3) is 10.0 Å². The monoisotopic (exact) mass is 1110 g/mol. The fourth-order valence-corrected chi connectivity index (χ4v) is 13.5. The molecular weight excluding hydrogens is 1050 g/mol. The lowest BCUT2D eigenvalue weighted by molar-refractivity contribution is -0.118. The SMILES string of the molecule is COc1ccc(CN(Cc2ccc(OC)cc2)S(=O)(=O)c2c(S(=O)(=O)C3CN(C(=O)OC(C)(C)C)C3)ccc(-c3cccn(CC(N)=O)c3=NS(=O)(=O)c3ccc(C)cc3)c2-c2nnnn2Cc2ccc(OC)cc2)cc1. The van der Waals surface area contributed by atoms with Gasteiger partial charge in [-0.2, -0.15) is 12.7 Å². The summed E-state index contributed by atoms with van der Waals surface area (Å²) in [6, 6.07) is 31.4. The molecule has 0 spiro atoms. The van der Waals surface area contributed by atoms with Crippen LogP contribution in [0, 0.1) is 6.92 Å². The molecular formula is C53H57N9O12S3. The Hall–Kier alpha value is -7.93. The van der Waals surface area contributed by atoms with E-state index in [9.17, 15) is 18.0 Å². The third-order valence-corrected chi connectivity index (χ3v) is 17.8. The molecule has 0 aliphatic carbocycles. The zero-order valence-electron chi connectivity index (χ0n) is 43.2. The van der Waals surface area contributed by atoms with Gasteiger partial charge in [0.1, 0.15) is 39.5 Å². The number of nitrogens with zero attached hydrogens (tertiary/aromatic N) is 8. The molecule has 2 N–H and O–H groups in total. The Bertz CT molecular complexity index is 3680. The van der Waals surface area contributed by atoms with E-state index in [2.05, 4.69) is 19.9 Å². The summed E-state index contributed by atoms with van der Waals surface area (Å²) in [5.41, 5.74) is 6.26. The summed E-state index contributed by atoms with van der Waals surface area (Å²) in [4.78, 5) is 25.5. The molecule has 0 atom stereocenters. The lowest BCUT2D eigenvalue weighted by Gasteiger charge is -2.39. The number of benzene rings is 5. The highest BCUT2D eigenvalue weighted by atomic mass is 32.2. The third-order valence-electron chi connectivity index (χ3n) is 12.4. The highest BCUT2D eigenvalue weighted by Gasteiger charge is 2.46. The zero-order chi connectivity index (χ0) is 55.5. The predicted octanol–water partition coefficient (Wildman–Crippen LogP) is 5.75. The quantitative estimate of drug-likeness (QED) is 0.101. The Morgan fingerprint density at radius 3 is 1.79 bits per heavy atom. The van der Waals surface area contributed by atoms with E-state index in [-0.39, 0.29) is 65.6 Å². The van der Waals surface area contributed by atoms with Gasteiger partial charge in [-0.1, -0.05) is 60.2 Å². The number of ether oxygens (including phenoxy) is 4. The Morgan fingerprint density at radius 2 is 1.27 bits per heavy atom. The minimum atomic E-state index is -5.19. The molecule has 7 aromatic rings. The van der Waals surface area contributed by atoms with Gasteiger partial charge in [-0.15, -0.1) is 9.50 Å². The Kier molecular flexibility index (Phi) is 16.0. The highest BCUT2D eigenvalue weighted by molar-refractivity contribution is 7.94. The normalized spacial score (nSPS) is 13.6. The first-order valence-electron chi connectivity index (χ1n) is 23.9. The van der Waals surface area contributed by atoms with E-state index >= 15 is 16.8 Å². The van der Waals surface area contributed by atoms with Gasteiger partial charge < -0.3 is 34.1 Å². The number of tetrazole rings is 1. The number of hydrogen-bond acceptors (Lipinski definition) is 15. The van der Waals surface area contributed by atoms with Crippen molar-refractivity contribution in [1.29, 1.82) is 0 Å². The van der Waals surface area contributed by atoms with Crippen molar-refractivity contribution in [2.24, 2.45) is 10.1 Å². The van der Waals surface area contributed by atoms with Gasteiger partial charge in [0.15, 0.2) is 21.1 Å². The molecule has 1 fully saturated rings. The van der Waals surface area contributed by atoms with Gasteiger partial charge in [-0.3, -0.25) is 4.79 Å². The summed E-state index contributed by atoms with van der Waals surface area (Å²) in [6.07, 6.45) is 0.612. The number of likely N-dealkylation sites (tertiary alicyclic amines) is 1. The van der Waals surface area contributed by atoms with Crippen LogP contribution in [0.1, 0.15) is 43.0 Å². The van der Waals surface area contributed by atoms with Gasteiger partial charge in [-0.25, -0.2) is 26.3 Å². The molecule has 77 heavy (non-hydrogen) atoms. The molecule has 3 heterocycles. The van der Waals surface area contributed by atoms with Crippen LogP contribution < -0.4 is 25.4 Å². The van der Waals surface area contributed by atoms with Crippen LogP contribution in [0.5, 0.6) is 17.2 Å². The summed E-state index contributed by atoms with van der Waals surface area (Å²) < 4.78 is 122. The molecule has 1 aliphatic rings. The van der Waals surface area contributed by atoms with Crippen molar-refractivity contribution in [3.05, 3.63) is 155 Å². The second-order valence-electron chi connectivity index (χ2n) is 19.1. The van der Waals surface area contributed by atoms with Gasteiger partial charge in [0.2, 0.25) is 15.9 Å². The van der Waals surface area contributed by atoms with Gasteiger partial charge in [0, 0.05) is 37.9 Å². The summed E-state index contributed by atoms with van der Waals surface area (Å²) in [7, 11) is -10.1. The molecule has 0 saturated carbocycles. The van der Waals surface area contributed by atoms with Crippen LogP contribution in [-0.2, 0) is 65.6 Å². The molecule has 0 radical (unpaired) electrons. The van der Waals surface area contributed by atoms with Crippen molar-refractivity contribution in [2.75, 3.05) is 34.4 Å². The predicted molar refractivity (Wildman–Crippen MR) is 283 cm³/mol. The number of rotatable bonds is 19. The average molecular weight is 1110 g/mol. The van der Waals surface area contributed by atoms with Gasteiger partial charge in [-0.05, 0) is 127 Å². The van der Waals surface area contributed by atoms with Crippen LogP contribution >= 0.6 is 0 Å². The maximum atomic E-state index is 16.5. The number of hydrogen-bond donors (Lipinski definition) is 1. The standard InChI is InChI=1S/C53H57N9O12S3/c1-35-10-24-42(25-11-35)76(67,68)56-50-45(9-8-28-59(50)34-47(54)63)44-26-27-46(75(65,66)43-32-60(33-43)52(64)74-53(2,3)4)49(48(44)51-55-57-58-62(51)31-38-16-22-41(73-7)23-17-38)77(69,70)61(29-36-12-18-39(71-5)19-13-36)30-37-14-20-40(72-6)21-15-37/h8-28,43H,29-34H2,1-7H3,(H2,54,63). The molecule has 5 aromatic carbocycles. The third kappa shape index (κ3) is 12.4. The van der Waals surface area contributed by atoms with Crippen LogP contribution in [0.2, 0.25) is 0 Å². The number of pyridine rings is 1. The second-order valence-corrected chi connectivity index (χ2v) is 24.7. The molecule has 2 aromatic heterocycles. The topological polar surface area (TPSA) is 267 Å². The van der Waals surface area contributed by atoms with Crippen LogP contribution in [0.4, 0.5) is 4.79 Å². The molecule has 21 nitrogen and oxygen atoms in total. The van der Waals surface area contributed by atoms with Crippen molar-refractivity contribution >= 4 is 41.9 Å². The number of primary amides is 1. The van der Waals surface area contributed by atoms with Crippen LogP contribution in [0.25, 0.3) is 22.5 Å². The Labute approximate surface area is 446 Å². The van der Waals surface area contributed by atoms with Crippen LogP contribution in [-0.4, -0.2) is 117 Å². The first-order chi connectivity index (χ1) is 36.5. The fraction of sp³-hybridized carbons (Fsp3) is 0.283. The summed E-state index contributed by atoms with van der Waals surface area (Å²) in [5.74, 6) is 0.390. The summed E-state index contributed by atoms with van der Waals surface area (Å²) in [5, 5.41) is 11.4. The minimum absolute atomic E-state index is 0.0876. The van der Waals surface area contributed by atoms with E-state index in [1.54, 1.807) is 113 Å². The van der Waals surface area contributed by atoms with Crippen LogP contribution in [0.3, 0.4) is 0 Å². The summed E-state index contributed by atoms with van der Waals surface area (Å²) >= 11 is 0. The number of sulfonamides is 2. The lowest BCUT2D eigenvalue weighted by atomic mass is 9.99. The first kappa shape index (κ1) is 55.3. The highest BCUT2D eigenvalue weighted by Crippen LogP contribution is 2.43. The number of aromatic nitrogens is 5. The van der Waals surface area contributed by atoms with Crippen molar-refractivity contribution in [2.45, 2.75) is 79.4 Å². The molecule has 0 unspecified atom stereocenters. The Morgan fingerprint density at radius 1 is 0.727 bits per heavy atom. The van der Waals surface area contributed by atoms with Gasteiger partial charge >= 0.3 is 6.09 Å². The zero-order valence-corrected chi connectivity index (χ0v) is 45.7. The first-order valence-corrected chi connectivity index (χ1v) is 28.3. The second kappa shape index (κ2) is 22.3. The van der Waals surface area contributed by atoms with E-state index in [0.717, 1.165) is 15.9 Å². The molecule has 8 rings (SSSR count). The number of nitrogens with two attached hydrogens (primary N) is 1. The lowest BCUT2D eigenvalue weighted by Crippen LogP contribution is -2.57. The van der Waals surface area contributed by atoms with E-state index in [4.69, 9.17) is 24.7 Å².